The molecule has 8 heteroatoms. The van der Waals surface area contributed by atoms with Crippen LogP contribution in [0.1, 0.15) is 22.3 Å². The molecule has 0 unspecified atom stereocenters. The van der Waals surface area contributed by atoms with Crippen LogP contribution in [0.25, 0.3) is 16.7 Å². The maximum atomic E-state index is 14.2. The summed E-state index contributed by atoms with van der Waals surface area (Å²) in [6.45, 7) is 1.40. The molecule has 4 rings (SSSR count). The Morgan fingerprint density at radius 3 is 2.28 bits per heavy atom. The number of aliphatic carboxylic acids is 1. The third-order valence-electron chi connectivity index (χ3n) is 5.91. The lowest BCUT2D eigenvalue weighted by atomic mass is 9.92. The molecule has 0 bridgehead atoms. The Morgan fingerprint density at radius 1 is 0.949 bits per heavy atom. The number of ether oxygens (including phenoxy) is 1. The number of rotatable bonds is 9. The van der Waals surface area contributed by atoms with Crippen molar-refractivity contribution in [2.24, 2.45) is 0 Å². The highest BCUT2D eigenvalue weighted by Crippen LogP contribution is 2.40. The predicted molar refractivity (Wildman–Crippen MR) is 150 cm³/mol. The molecule has 0 saturated heterocycles. The Kier molecular flexibility index (Phi) is 9.04. The van der Waals surface area contributed by atoms with Gasteiger partial charge in [-0.1, -0.05) is 72.3 Å². The first-order valence-electron chi connectivity index (χ1n) is 11.9. The molecule has 0 heterocycles. The van der Waals surface area contributed by atoms with Crippen molar-refractivity contribution in [2.75, 3.05) is 12.4 Å². The van der Waals surface area contributed by atoms with Crippen LogP contribution in [0.5, 0.6) is 5.75 Å². The second-order valence-corrected chi connectivity index (χ2v) is 10.2. The first kappa shape index (κ1) is 28.3. The van der Waals surface area contributed by atoms with E-state index in [1.165, 1.54) is 23.9 Å². The number of hydrogen-bond acceptors (Lipinski definition) is 3. The van der Waals surface area contributed by atoms with Gasteiger partial charge in [0, 0.05) is 15.7 Å². The molecule has 0 saturated carbocycles. The highest BCUT2D eigenvalue weighted by molar-refractivity contribution is 7.99. The summed E-state index contributed by atoms with van der Waals surface area (Å²) in [5.74, 6) is -0.0929. The van der Waals surface area contributed by atoms with Gasteiger partial charge in [-0.25, -0.2) is 4.79 Å². The van der Waals surface area contributed by atoms with Crippen LogP contribution in [0.4, 0.5) is 13.2 Å². The van der Waals surface area contributed by atoms with E-state index in [0.717, 1.165) is 16.0 Å². The monoisotopic (exact) mass is 568 g/mol. The molecule has 0 radical (unpaired) electrons. The maximum absolute atomic E-state index is 14.2. The zero-order valence-electron chi connectivity index (χ0n) is 20.8. The largest absolute Gasteiger partial charge is 0.482 e. The summed E-state index contributed by atoms with van der Waals surface area (Å²) in [6, 6.07) is 25.4. The summed E-state index contributed by atoms with van der Waals surface area (Å²) in [7, 11) is 0. The average molecular weight is 569 g/mol. The van der Waals surface area contributed by atoms with Gasteiger partial charge in [0.15, 0.2) is 6.61 Å². The van der Waals surface area contributed by atoms with Crippen LogP contribution in [0.3, 0.4) is 0 Å². The Hall–Kier alpha value is -3.68. The van der Waals surface area contributed by atoms with Crippen molar-refractivity contribution in [3.05, 3.63) is 124 Å². The third-order valence-corrected chi connectivity index (χ3v) is 7.08. The van der Waals surface area contributed by atoms with Crippen LogP contribution >= 0.6 is 23.4 Å². The van der Waals surface area contributed by atoms with Gasteiger partial charge in [0.1, 0.15) is 5.75 Å². The number of halogens is 4. The summed E-state index contributed by atoms with van der Waals surface area (Å²) in [4.78, 5) is 11.7. The average Bonchev–Trinajstić information content (AvgIpc) is 2.91. The predicted octanol–water partition coefficient (Wildman–Crippen LogP) is 9.02. The summed E-state index contributed by atoms with van der Waals surface area (Å²) in [6.07, 6.45) is -2.64. The van der Waals surface area contributed by atoms with Gasteiger partial charge in [0.2, 0.25) is 0 Å². The molecular weight excluding hydrogens is 545 g/mol. The molecular formula is C31H24ClF3O3S. The summed E-state index contributed by atoms with van der Waals surface area (Å²) in [5.41, 5.74) is 2.54. The number of hydrogen-bond donors (Lipinski definition) is 1. The number of carbonyl (C=O) groups is 1. The van der Waals surface area contributed by atoms with Crippen molar-refractivity contribution in [2.45, 2.75) is 18.0 Å². The van der Waals surface area contributed by atoms with Crippen LogP contribution in [0, 0.1) is 6.92 Å². The summed E-state index contributed by atoms with van der Waals surface area (Å²) in [5, 5.41) is 9.35. The van der Waals surface area contributed by atoms with Gasteiger partial charge in [0.25, 0.3) is 0 Å². The van der Waals surface area contributed by atoms with Crippen molar-refractivity contribution >= 4 is 34.9 Å². The molecule has 200 valence electrons. The van der Waals surface area contributed by atoms with Crippen molar-refractivity contribution in [1.82, 2.24) is 0 Å². The number of thioether (sulfide) groups is 1. The summed E-state index contributed by atoms with van der Waals surface area (Å²) >= 11 is 7.57. The second kappa shape index (κ2) is 12.5. The lowest BCUT2D eigenvalue weighted by Gasteiger charge is -2.17. The fourth-order valence-electron chi connectivity index (χ4n) is 4.08. The van der Waals surface area contributed by atoms with E-state index in [0.29, 0.717) is 33.2 Å². The van der Waals surface area contributed by atoms with Gasteiger partial charge < -0.3 is 9.84 Å². The topological polar surface area (TPSA) is 46.5 Å². The molecule has 0 aliphatic rings. The van der Waals surface area contributed by atoms with E-state index < -0.39 is 24.3 Å². The minimum Gasteiger partial charge on any atom is -0.482 e. The fraction of sp³-hybridized carbons (Fsp3) is 0.129. The SMILES string of the molecule is Cc1cc(SCC=C(c2ccc(Cl)cc2)c2ccc(-c3ccccc3)c(C(F)(F)F)c2)ccc1OCC(=O)O. The minimum absolute atomic E-state index is 0.123. The number of aryl methyl sites for hydroxylation is 1. The van der Waals surface area contributed by atoms with E-state index in [2.05, 4.69) is 0 Å². The molecule has 0 atom stereocenters. The van der Waals surface area contributed by atoms with Crippen LogP contribution in [-0.2, 0) is 11.0 Å². The van der Waals surface area contributed by atoms with E-state index in [1.54, 1.807) is 66.7 Å². The van der Waals surface area contributed by atoms with Crippen molar-refractivity contribution in [1.29, 1.82) is 0 Å². The van der Waals surface area contributed by atoms with E-state index in [-0.39, 0.29) is 5.56 Å². The lowest BCUT2D eigenvalue weighted by Crippen LogP contribution is -2.09. The molecule has 1 N–H and O–H groups in total. The molecule has 0 amide bonds. The Morgan fingerprint density at radius 2 is 1.64 bits per heavy atom. The van der Waals surface area contributed by atoms with E-state index in [1.807, 2.05) is 25.1 Å². The standard InChI is InChI=1S/C31H24ClF3O3S/c1-20-17-25(12-14-29(20)38-19-30(36)37)39-16-15-26(22-7-10-24(32)11-8-22)23-9-13-27(21-5-3-2-4-6-21)28(18-23)31(33,34)35/h2-15,17-18H,16,19H2,1H3,(H,36,37). The van der Waals surface area contributed by atoms with E-state index in [4.69, 9.17) is 21.4 Å². The number of alkyl halides is 3. The lowest BCUT2D eigenvalue weighted by molar-refractivity contribution is -0.139. The van der Waals surface area contributed by atoms with E-state index in [9.17, 15) is 18.0 Å². The van der Waals surface area contributed by atoms with Gasteiger partial charge in [-0.15, -0.1) is 11.8 Å². The molecule has 0 aromatic heterocycles. The van der Waals surface area contributed by atoms with Gasteiger partial charge in [-0.2, -0.15) is 13.2 Å². The zero-order chi connectivity index (χ0) is 28.0. The highest BCUT2D eigenvalue weighted by atomic mass is 35.5. The van der Waals surface area contributed by atoms with Gasteiger partial charge in [-0.05, 0) is 76.7 Å². The molecule has 3 nitrogen and oxygen atoms in total. The molecule has 0 aliphatic heterocycles. The van der Waals surface area contributed by atoms with Crippen molar-refractivity contribution in [3.8, 4) is 16.9 Å². The van der Waals surface area contributed by atoms with Crippen LogP contribution in [0.2, 0.25) is 5.02 Å². The number of carboxylic acid groups (broad SMARTS) is 1. The van der Waals surface area contributed by atoms with Crippen LogP contribution < -0.4 is 4.74 Å². The van der Waals surface area contributed by atoms with Gasteiger partial charge in [0.05, 0.1) is 5.56 Å². The van der Waals surface area contributed by atoms with Gasteiger partial charge >= 0.3 is 12.1 Å². The Bertz CT molecular complexity index is 1480. The summed E-state index contributed by atoms with van der Waals surface area (Å²) < 4.78 is 47.9. The minimum atomic E-state index is -4.54. The van der Waals surface area contributed by atoms with Crippen molar-refractivity contribution in [3.63, 3.8) is 0 Å². The second-order valence-electron chi connectivity index (χ2n) is 8.67. The Labute approximate surface area is 233 Å². The first-order chi connectivity index (χ1) is 18.6. The first-order valence-corrected chi connectivity index (χ1v) is 13.3. The highest BCUT2D eigenvalue weighted by Gasteiger charge is 2.34. The maximum Gasteiger partial charge on any atom is 0.417 e. The van der Waals surface area contributed by atoms with Crippen LogP contribution in [-0.4, -0.2) is 23.4 Å². The molecule has 4 aromatic carbocycles. The fourth-order valence-corrected chi connectivity index (χ4v) is 5.07. The smallest absolute Gasteiger partial charge is 0.417 e. The third kappa shape index (κ3) is 7.46. The normalized spacial score (nSPS) is 11.9. The molecule has 0 spiro atoms. The quantitative estimate of drug-likeness (QED) is 0.205. The Balaban J connectivity index is 1.67. The molecule has 0 aliphatic carbocycles. The molecule has 4 aromatic rings. The number of carboxylic acids is 1. The number of benzene rings is 4. The van der Waals surface area contributed by atoms with Gasteiger partial charge in [-0.3, -0.25) is 0 Å². The van der Waals surface area contributed by atoms with Crippen molar-refractivity contribution < 1.29 is 27.8 Å². The van der Waals surface area contributed by atoms with Crippen LogP contribution in [0.15, 0.2) is 102 Å². The zero-order valence-corrected chi connectivity index (χ0v) is 22.4. The van der Waals surface area contributed by atoms with E-state index >= 15 is 0 Å². The molecule has 39 heavy (non-hydrogen) atoms. The molecule has 0 fully saturated rings.